The molecule has 1 nitrogen and oxygen atoms in total. The first-order chi connectivity index (χ1) is 9.77. The van der Waals surface area contributed by atoms with Crippen LogP contribution in [0.15, 0.2) is 60.7 Å². The highest BCUT2D eigenvalue weighted by atomic mass is 35.5. The Morgan fingerprint density at radius 1 is 0.714 bits per heavy atom. The minimum atomic E-state index is 0. The first-order valence-electron chi connectivity index (χ1n) is 7.74. The first-order valence-corrected chi connectivity index (χ1v) is 7.74. The SMILES string of the molecule is CCCCCC[N+](C)(c1ccccc1)c1ccccc1.[Cl-]. The van der Waals surface area contributed by atoms with Gasteiger partial charge in [-0.1, -0.05) is 56.2 Å². The van der Waals surface area contributed by atoms with Crippen LogP contribution in [0.5, 0.6) is 0 Å². The maximum atomic E-state index is 2.33. The average Bonchev–Trinajstić information content (AvgIpc) is 2.53. The van der Waals surface area contributed by atoms with Crippen LogP contribution in [0.1, 0.15) is 32.6 Å². The molecule has 2 heteroatoms. The quantitative estimate of drug-likeness (QED) is 0.545. The van der Waals surface area contributed by atoms with Gasteiger partial charge in [-0.05, 0) is 37.1 Å². The van der Waals surface area contributed by atoms with Crippen LogP contribution in [0.4, 0.5) is 11.4 Å². The van der Waals surface area contributed by atoms with Gasteiger partial charge < -0.3 is 12.4 Å². The minimum absolute atomic E-state index is 0. The van der Waals surface area contributed by atoms with E-state index in [0.717, 1.165) is 11.0 Å². The maximum Gasteiger partial charge on any atom is 0.137 e. The van der Waals surface area contributed by atoms with Gasteiger partial charge in [0.15, 0.2) is 0 Å². The summed E-state index contributed by atoms with van der Waals surface area (Å²) < 4.78 is 0.894. The fraction of sp³-hybridized carbons (Fsp3) is 0.368. The van der Waals surface area contributed by atoms with Crippen molar-refractivity contribution < 1.29 is 12.4 Å². The molecule has 0 aliphatic carbocycles. The fourth-order valence-corrected chi connectivity index (χ4v) is 2.78. The number of halogens is 1. The molecule has 0 amide bonds. The smallest absolute Gasteiger partial charge is 0.137 e. The zero-order valence-corrected chi connectivity index (χ0v) is 13.9. The summed E-state index contributed by atoms with van der Waals surface area (Å²) in [5, 5.41) is 0. The molecule has 0 unspecified atom stereocenters. The summed E-state index contributed by atoms with van der Waals surface area (Å²) in [6, 6.07) is 21.7. The number of rotatable bonds is 7. The number of nitrogens with zero attached hydrogens (tertiary/aromatic N) is 1. The minimum Gasteiger partial charge on any atom is -1.00 e. The van der Waals surface area contributed by atoms with Crippen molar-refractivity contribution >= 4 is 11.4 Å². The van der Waals surface area contributed by atoms with E-state index < -0.39 is 0 Å². The Labute approximate surface area is 135 Å². The van der Waals surface area contributed by atoms with Crippen molar-refractivity contribution in [2.75, 3.05) is 13.6 Å². The van der Waals surface area contributed by atoms with Crippen LogP contribution in [0, 0.1) is 0 Å². The van der Waals surface area contributed by atoms with Crippen molar-refractivity contribution in [3.05, 3.63) is 60.7 Å². The van der Waals surface area contributed by atoms with Gasteiger partial charge in [0.1, 0.15) is 11.4 Å². The number of benzene rings is 2. The molecule has 0 aliphatic rings. The van der Waals surface area contributed by atoms with Crippen molar-refractivity contribution in [1.29, 1.82) is 0 Å². The lowest BCUT2D eigenvalue weighted by Crippen LogP contribution is -3.00. The predicted octanol–water partition coefficient (Wildman–Crippen LogP) is 2.54. The number of quaternary nitrogens is 1. The monoisotopic (exact) mass is 303 g/mol. The third kappa shape index (κ3) is 4.59. The van der Waals surface area contributed by atoms with Gasteiger partial charge in [-0.2, -0.15) is 0 Å². The van der Waals surface area contributed by atoms with Gasteiger partial charge in [-0.15, -0.1) is 0 Å². The Bertz CT molecular complexity index is 456. The third-order valence-electron chi connectivity index (χ3n) is 4.11. The van der Waals surface area contributed by atoms with E-state index in [1.165, 1.54) is 37.1 Å². The Morgan fingerprint density at radius 2 is 1.19 bits per heavy atom. The van der Waals surface area contributed by atoms with Gasteiger partial charge in [0.25, 0.3) is 0 Å². The molecule has 0 atom stereocenters. The molecular formula is C19H26ClN. The molecule has 2 aromatic rings. The standard InChI is InChI=1S/C19H26N.ClH/c1-3-4-5-12-17-20(2,18-13-8-6-9-14-18)19-15-10-7-11-16-19;/h6-11,13-16H,3-5,12,17H2,1-2H3;1H/q+1;/p-1. The molecule has 0 N–H and O–H groups in total. The van der Waals surface area contributed by atoms with Gasteiger partial charge in [0.05, 0.1) is 13.6 Å². The fourth-order valence-electron chi connectivity index (χ4n) is 2.78. The lowest BCUT2D eigenvalue weighted by atomic mass is 10.1. The van der Waals surface area contributed by atoms with Crippen LogP contribution in [-0.4, -0.2) is 13.6 Å². The van der Waals surface area contributed by atoms with Gasteiger partial charge >= 0.3 is 0 Å². The van der Waals surface area contributed by atoms with Crippen molar-refractivity contribution in [1.82, 2.24) is 4.48 Å². The van der Waals surface area contributed by atoms with Crippen LogP contribution in [-0.2, 0) is 0 Å². The molecule has 0 spiro atoms. The average molecular weight is 304 g/mol. The molecular weight excluding hydrogens is 278 g/mol. The van der Waals surface area contributed by atoms with Gasteiger partial charge in [-0.25, -0.2) is 0 Å². The van der Waals surface area contributed by atoms with Crippen LogP contribution in [0.25, 0.3) is 0 Å². The summed E-state index contributed by atoms with van der Waals surface area (Å²) in [6.45, 7) is 3.43. The Morgan fingerprint density at radius 3 is 1.62 bits per heavy atom. The van der Waals surface area contributed by atoms with Crippen molar-refractivity contribution in [2.24, 2.45) is 0 Å². The zero-order valence-electron chi connectivity index (χ0n) is 13.1. The largest absolute Gasteiger partial charge is 1.00 e. The number of unbranched alkanes of at least 4 members (excludes halogenated alkanes) is 3. The lowest BCUT2D eigenvalue weighted by Gasteiger charge is -2.33. The number of hydrogen-bond donors (Lipinski definition) is 0. The van der Waals surface area contributed by atoms with Crippen LogP contribution >= 0.6 is 0 Å². The Hall–Kier alpha value is -1.31. The normalized spacial score (nSPS) is 11.0. The molecule has 2 aromatic carbocycles. The van der Waals surface area contributed by atoms with E-state index in [-0.39, 0.29) is 12.4 Å². The predicted molar refractivity (Wildman–Crippen MR) is 89.3 cm³/mol. The number of hydrogen-bond acceptors (Lipinski definition) is 0. The van der Waals surface area contributed by atoms with Crippen molar-refractivity contribution in [3.8, 4) is 0 Å². The summed E-state index contributed by atoms with van der Waals surface area (Å²) in [7, 11) is 2.33. The van der Waals surface area contributed by atoms with E-state index in [2.05, 4.69) is 74.6 Å². The molecule has 2 rings (SSSR count). The second-order valence-corrected chi connectivity index (χ2v) is 5.65. The number of para-hydroxylation sites is 2. The van der Waals surface area contributed by atoms with Crippen LogP contribution in [0.3, 0.4) is 0 Å². The second-order valence-electron chi connectivity index (χ2n) is 5.65. The van der Waals surface area contributed by atoms with Crippen molar-refractivity contribution in [3.63, 3.8) is 0 Å². The van der Waals surface area contributed by atoms with E-state index in [4.69, 9.17) is 0 Å². The van der Waals surface area contributed by atoms with Crippen LogP contribution < -0.4 is 16.9 Å². The van der Waals surface area contributed by atoms with Crippen LogP contribution in [0.2, 0.25) is 0 Å². The molecule has 0 fully saturated rings. The molecule has 0 heterocycles. The third-order valence-corrected chi connectivity index (χ3v) is 4.11. The Kier molecular flexibility index (Phi) is 7.49. The van der Waals surface area contributed by atoms with E-state index in [9.17, 15) is 0 Å². The summed E-state index contributed by atoms with van der Waals surface area (Å²) >= 11 is 0. The molecule has 0 saturated carbocycles. The molecule has 21 heavy (non-hydrogen) atoms. The van der Waals surface area contributed by atoms with Crippen molar-refractivity contribution in [2.45, 2.75) is 32.6 Å². The molecule has 0 saturated heterocycles. The molecule has 0 radical (unpaired) electrons. The van der Waals surface area contributed by atoms with E-state index in [1.807, 2.05) is 0 Å². The summed E-state index contributed by atoms with van der Waals surface area (Å²) in [5.41, 5.74) is 2.74. The molecule has 114 valence electrons. The summed E-state index contributed by atoms with van der Waals surface area (Å²) in [6.07, 6.45) is 5.22. The lowest BCUT2D eigenvalue weighted by molar-refractivity contribution is -0.00000417. The summed E-state index contributed by atoms with van der Waals surface area (Å²) in [5.74, 6) is 0. The Balaban J connectivity index is 0.00000220. The maximum absolute atomic E-state index is 2.33. The molecule has 0 aromatic heterocycles. The topological polar surface area (TPSA) is 0 Å². The van der Waals surface area contributed by atoms with E-state index in [0.29, 0.717) is 0 Å². The van der Waals surface area contributed by atoms with Gasteiger partial charge in [0, 0.05) is 0 Å². The zero-order chi connectivity index (χ0) is 14.3. The van der Waals surface area contributed by atoms with E-state index >= 15 is 0 Å². The van der Waals surface area contributed by atoms with Gasteiger partial charge in [0.2, 0.25) is 0 Å². The second kappa shape index (κ2) is 8.86. The first kappa shape index (κ1) is 17.7. The highest BCUT2D eigenvalue weighted by molar-refractivity contribution is 5.57. The van der Waals surface area contributed by atoms with Gasteiger partial charge in [-0.3, -0.25) is 4.48 Å². The summed E-state index contributed by atoms with van der Waals surface area (Å²) in [4.78, 5) is 0. The highest BCUT2D eigenvalue weighted by Crippen LogP contribution is 2.32. The molecule has 0 aliphatic heterocycles. The highest BCUT2D eigenvalue weighted by Gasteiger charge is 2.26. The van der Waals surface area contributed by atoms with E-state index in [1.54, 1.807) is 0 Å². The molecule has 0 bridgehead atoms.